The van der Waals surface area contributed by atoms with Crippen LogP contribution in [-0.2, 0) is 19.5 Å². The Morgan fingerprint density at radius 3 is 2.46 bits per heavy atom. The van der Waals surface area contributed by atoms with Crippen LogP contribution in [0.25, 0.3) is 0 Å². The minimum atomic E-state index is 0.799. The van der Waals surface area contributed by atoms with Crippen LogP contribution in [0.5, 0.6) is 0 Å². The van der Waals surface area contributed by atoms with E-state index in [0.717, 1.165) is 55.1 Å². The minimum absolute atomic E-state index is 0.799. The van der Waals surface area contributed by atoms with Crippen LogP contribution in [0.3, 0.4) is 0 Å². The zero-order valence-corrected chi connectivity index (χ0v) is 15.4. The van der Waals surface area contributed by atoms with Crippen LogP contribution in [-0.4, -0.2) is 18.0 Å². The summed E-state index contributed by atoms with van der Waals surface area (Å²) >= 11 is 0. The predicted octanol–water partition coefficient (Wildman–Crippen LogP) is 3.07. The number of benzene rings is 1. The third kappa shape index (κ3) is 3.54. The molecule has 2 heterocycles. The molecule has 4 nitrogen and oxygen atoms in total. The maximum absolute atomic E-state index is 6.06. The van der Waals surface area contributed by atoms with Gasteiger partial charge in [-0.1, -0.05) is 44.5 Å². The van der Waals surface area contributed by atoms with Gasteiger partial charge in [-0.05, 0) is 29.3 Å². The van der Waals surface area contributed by atoms with Crippen molar-refractivity contribution in [3.8, 4) is 0 Å². The molecule has 0 saturated carbocycles. The third-order valence-electron chi connectivity index (χ3n) is 5.08. The van der Waals surface area contributed by atoms with E-state index in [1.807, 2.05) is 0 Å². The molecule has 4 N–H and O–H groups in total. The second-order valence-electron chi connectivity index (χ2n) is 6.86. The zero-order chi connectivity index (χ0) is 18.7. The summed E-state index contributed by atoms with van der Waals surface area (Å²) in [6.45, 7) is 19.2. The SMILES string of the molecule is C=C1CCN1.C=CNCc1ccc2c(c1)CN(C1=C(N)C(=C)C1=C)CC2. The Bertz CT molecular complexity index is 794. The average molecular weight is 348 g/mol. The van der Waals surface area contributed by atoms with Gasteiger partial charge in [0.2, 0.25) is 0 Å². The fourth-order valence-corrected chi connectivity index (χ4v) is 3.31. The molecule has 1 aliphatic carbocycles. The summed E-state index contributed by atoms with van der Waals surface area (Å²) in [5.74, 6) is 0. The summed E-state index contributed by atoms with van der Waals surface area (Å²) in [4.78, 5) is 2.32. The Morgan fingerprint density at radius 2 is 1.88 bits per heavy atom. The van der Waals surface area contributed by atoms with Gasteiger partial charge in [0.25, 0.3) is 0 Å². The monoisotopic (exact) mass is 348 g/mol. The van der Waals surface area contributed by atoms with Crippen LogP contribution in [0, 0.1) is 0 Å². The van der Waals surface area contributed by atoms with Gasteiger partial charge in [0.1, 0.15) is 0 Å². The fraction of sp³-hybridized carbons (Fsp3) is 0.273. The number of rotatable bonds is 4. The highest BCUT2D eigenvalue weighted by Crippen LogP contribution is 2.38. The molecule has 1 saturated heterocycles. The molecule has 0 spiro atoms. The van der Waals surface area contributed by atoms with Crippen LogP contribution < -0.4 is 16.4 Å². The summed E-state index contributed by atoms with van der Waals surface area (Å²) in [7, 11) is 0. The molecule has 136 valence electrons. The lowest BCUT2D eigenvalue weighted by Crippen LogP contribution is -2.37. The van der Waals surface area contributed by atoms with Crippen LogP contribution in [0.1, 0.15) is 23.1 Å². The smallest absolute Gasteiger partial charge is 0.0683 e. The minimum Gasteiger partial charge on any atom is -0.397 e. The molecule has 0 radical (unpaired) electrons. The number of allylic oxidation sites excluding steroid dienone is 2. The second-order valence-corrected chi connectivity index (χ2v) is 6.86. The number of hydrogen-bond acceptors (Lipinski definition) is 4. The van der Waals surface area contributed by atoms with Crippen LogP contribution >= 0.6 is 0 Å². The van der Waals surface area contributed by atoms with Gasteiger partial charge in [0.05, 0.1) is 11.4 Å². The number of fused-ring (bicyclic) bond motifs is 1. The third-order valence-corrected chi connectivity index (χ3v) is 5.08. The van der Waals surface area contributed by atoms with E-state index in [0.29, 0.717) is 0 Å². The van der Waals surface area contributed by atoms with E-state index in [2.05, 4.69) is 60.0 Å². The molecular weight excluding hydrogens is 320 g/mol. The van der Waals surface area contributed by atoms with Gasteiger partial charge < -0.3 is 21.3 Å². The Hall–Kier alpha value is -2.88. The van der Waals surface area contributed by atoms with Gasteiger partial charge >= 0.3 is 0 Å². The Kier molecular flexibility index (Phi) is 5.21. The molecular formula is C22H28N4. The van der Waals surface area contributed by atoms with E-state index in [9.17, 15) is 0 Å². The van der Waals surface area contributed by atoms with Crippen molar-refractivity contribution in [3.63, 3.8) is 0 Å². The van der Waals surface area contributed by atoms with Crippen molar-refractivity contribution in [2.75, 3.05) is 13.1 Å². The first-order valence-corrected chi connectivity index (χ1v) is 9.01. The van der Waals surface area contributed by atoms with Crippen LogP contribution in [0.15, 0.2) is 79.0 Å². The van der Waals surface area contributed by atoms with Gasteiger partial charge in [0.15, 0.2) is 0 Å². The van der Waals surface area contributed by atoms with Crippen molar-refractivity contribution < 1.29 is 0 Å². The molecule has 0 bridgehead atoms. The Labute approximate surface area is 156 Å². The predicted molar refractivity (Wildman–Crippen MR) is 109 cm³/mol. The molecule has 4 heteroatoms. The summed E-state index contributed by atoms with van der Waals surface area (Å²) in [5, 5.41) is 6.16. The lowest BCUT2D eigenvalue weighted by molar-refractivity contribution is 0.320. The highest BCUT2D eigenvalue weighted by Gasteiger charge is 2.30. The number of nitrogens with one attached hydrogen (secondary N) is 2. The number of hydrogen-bond donors (Lipinski definition) is 3. The molecule has 0 unspecified atom stereocenters. The van der Waals surface area contributed by atoms with Gasteiger partial charge in [-0.25, -0.2) is 0 Å². The lowest BCUT2D eigenvalue weighted by atomic mass is 9.87. The zero-order valence-electron chi connectivity index (χ0n) is 15.4. The molecule has 1 aromatic rings. The first kappa shape index (κ1) is 17.9. The normalized spacial score (nSPS) is 18.0. The van der Waals surface area contributed by atoms with E-state index < -0.39 is 0 Å². The first-order valence-electron chi connectivity index (χ1n) is 9.01. The molecule has 0 aromatic heterocycles. The van der Waals surface area contributed by atoms with Gasteiger partial charge in [0, 0.05) is 49.4 Å². The van der Waals surface area contributed by atoms with Crippen molar-refractivity contribution in [1.82, 2.24) is 15.5 Å². The summed E-state index contributed by atoms with van der Waals surface area (Å²) in [5.41, 5.74) is 15.1. The standard InChI is InChI=1S/C18H21N3.C4H7N/c1-4-20-10-14-5-6-15-7-8-21(11-16(15)9-14)18-13(3)12(2)17(18)19;1-4-2-3-5-4/h4-6,9,20H,1-3,7-8,10-11,19H2;5H,1-3H2. The van der Waals surface area contributed by atoms with Gasteiger partial charge in [-0.15, -0.1) is 0 Å². The topological polar surface area (TPSA) is 53.3 Å². The largest absolute Gasteiger partial charge is 0.397 e. The Morgan fingerprint density at radius 1 is 1.15 bits per heavy atom. The molecule has 0 amide bonds. The van der Waals surface area contributed by atoms with E-state index in [1.54, 1.807) is 6.20 Å². The maximum atomic E-state index is 6.06. The first-order chi connectivity index (χ1) is 12.5. The highest BCUT2D eigenvalue weighted by molar-refractivity contribution is 5.65. The van der Waals surface area contributed by atoms with Crippen molar-refractivity contribution in [2.45, 2.75) is 25.9 Å². The van der Waals surface area contributed by atoms with Gasteiger partial charge in [-0.2, -0.15) is 0 Å². The number of nitrogens with zero attached hydrogens (tertiary/aromatic N) is 1. The average Bonchev–Trinajstić information content (AvgIpc) is 2.64. The van der Waals surface area contributed by atoms with Crippen LogP contribution in [0.2, 0.25) is 0 Å². The summed E-state index contributed by atoms with van der Waals surface area (Å²) in [6.07, 6.45) is 3.95. The molecule has 4 rings (SSSR count). The fourth-order valence-electron chi connectivity index (χ4n) is 3.31. The maximum Gasteiger partial charge on any atom is 0.0683 e. The molecule has 0 atom stereocenters. The van der Waals surface area contributed by atoms with Crippen molar-refractivity contribution in [3.05, 3.63) is 95.6 Å². The van der Waals surface area contributed by atoms with E-state index >= 15 is 0 Å². The molecule has 2 aliphatic heterocycles. The van der Waals surface area contributed by atoms with Crippen molar-refractivity contribution in [1.29, 1.82) is 0 Å². The second kappa shape index (κ2) is 7.56. The lowest BCUT2D eigenvalue weighted by Gasteiger charge is -2.39. The Balaban J connectivity index is 0.000000339. The van der Waals surface area contributed by atoms with Gasteiger partial charge in [-0.3, -0.25) is 0 Å². The molecule has 26 heavy (non-hydrogen) atoms. The summed E-state index contributed by atoms with van der Waals surface area (Å²) < 4.78 is 0. The van der Waals surface area contributed by atoms with Crippen molar-refractivity contribution >= 4 is 0 Å². The van der Waals surface area contributed by atoms with E-state index in [1.165, 1.54) is 28.8 Å². The summed E-state index contributed by atoms with van der Waals surface area (Å²) in [6, 6.07) is 6.69. The quantitative estimate of drug-likeness (QED) is 0.783. The molecule has 1 fully saturated rings. The highest BCUT2D eigenvalue weighted by atomic mass is 15.2. The van der Waals surface area contributed by atoms with E-state index in [-0.39, 0.29) is 0 Å². The number of nitrogens with two attached hydrogens (primary N) is 1. The van der Waals surface area contributed by atoms with Crippen molar-refractivity contribution in [2.24, 2.45) is 5.73 Å². The molecule has 3 aliphatic rings. The molecule has 1 aromatic carbocycles. The van der Waals surface area contributed by atoms with E-state index in [4.69, 9.17) is 5.73 Å². The van der Waals surface area contributed by atoms with Crippen LogP contribution in [0.4, 0.5) is 0 Å².